The lowest BCUT2D eigenvalue weighted by atomic mass is 9.72. The third-order valence-corrected chi connectivity index (χ3v) is 5.43. The van der Waals surface area contributed by atoms with Crippen molar-refractivity contribution in [1.82, 2.24) is 9.88 Å². The van der Waals surface area contributed by atoms with Crippen LogP contribution in [0.15, 0.2) is 24.4 Å². The van der Waals surface area contributed by atoms with E-state index >= 15 is 0 Å². The van der Waals surface area contributed by atoms with Crippen LogP contribution in [0.4, 0.5) is 0 Å². The van der Waals surface area contributed by atoms with Crippen LogP contribution in [0.1, 0.15) is 36.8 Å². The Morgan fingerprint density at radius 1 is 1.38 bits per heavy atom. The van der Waals surface area contributed by atoms with E-state index in [1.165, 1.54) is 28.5 Å². The zero-order valence-electron chi connectivity index (χ0n) is 12.7. The van der Waals surface area contributed by atoms with Crippen molar-refractivity contribution in [3.8, 4) is 0 Å². The first-order valence-corrected chi connectivity index (χ1v) is 8.25. The summed E-state index contributed by atoms with van der Waals surface area (Å²) in [6.07, 6.45) is 5.67. The molecular weight excluding hydrogens is 260 g/mol. The lowest BCUT2D eigenvalue weighted by molar-refractivity contribution is 0.0572. The normalized spacial score (nSPS) is 28.8. The molecule has 1 aromatic carbocycles. The highest BCUT2D eigenvalue weighted by Crippen LogP contribution is 2.44. The fourth-order valence-corrected chi connectivity index (χ4v) is 4.58. The van der Waals surface area contributed by atoms with Gasteiger partial charge in [-0.3, -0.25) is 4.90 Å². The number of benzene rings is 1. The summed E-state index contributed by atoms with van der Waals surface area (Å²) >= 11 is 0. The van der Waals surface area contributed by atoms with Gasteiger partial charge in [0.25, 0.3) is 0 Å². The number of piperidine rings is 1. The zero-order chi connectivity index (χ0) is 14.4. The van der Waals surface area contributed by atoms with Crippen LogP contribution in [0.3, 0.4) is 0 Å². The molecule has 3 nitrogen and oxygen atoms in total. The van der Waals surface area contributed by atoms with Crippen LogP contribution < -0.4 is 0 Å². The number of aromatic amines is 1. The Hall–Kier alpha value is -1.32. The molecule has 4 rings (SSSR count). The van der Waals surface area contributed by atoms with Gasteiger partial charge >= 0.3 is 0 Å². The van der Waals surface area contributed by atoms with Crippen molar-refractivity contribution in [3.05, 3.63) is 35.5 Å². The predicted octanol–water partition coefficient (Wildman–Crippen LogP) is 2.90. The Bertz CT molecular complexity index is 648. The van der Waals surface area contributed by atoms with Crippen LogP contribution >= 0.6 is 0 Å². The lowest BCUT2D eigenvalue weighted by Gasteiger charge is -2.47. The minimum absolute atomic E-state index is 0.319. The molecule has 1 aliphatic heterocycles. The Labute approximate surface area is 126 Å². The second-order valence-corrected chi connectivity index (χ2v) is 6.74. The van der Waals surface area contributed by atoms with Crippen LogP contribution in [0, 0.1) is 5.92 Å². The van der Waals surface area contributed by atoms with E-state index in [9.17, 15) is 5.11 Å². The summed E-state index contributed by atoms with van der Waals surface area (Å²) in [6, 6.07) is 7.27. The molecule has 0 amide bonds. The number of aliphatic hydroxyl groups is 1. The molecule has 2 aliphatic rings. The second kappa shape index (κ2) is 5.15. The molecule has 2 N–H and O–H groups in total. The smallest absolute Gasteiger partial charge is 0.0471 e. The topological polar surface area (TPSA) is 39.3 Å². The minimum atomic E-state index is 0.319. The first-order valence-electron chi connectivity index (χ1n) is 8.25. The van der Waals surface area contributed by atoms with E-state index in [2.05, 4.69) is 41.2 Å². The molecule has 112 valence electrons. The summed E-state index contributed by atoms with van der Waals surface area (Å²) in [5, 5.41) is 11.1. The Kier molecular flexibility index (Phi) is 3.27. The first-order chi connectivity index (χ1) is 10.3. The van der Waals surface area contributed by atoms with Crippen molar-refractivity contribution in [2.24, 2.45) is 5.92 Å². The maximum Gasteiger partial charge on any atom is 0.0471 e. The highest BCUT2D eigenvalue weighted by molar-refractivity contribution is 5.88. The number of nitrogens with one attached hydrogen (secondary N) is 1. The van der Waals surface area contributed by atoms with Crippen LogP contribution in [-0.2, 0) is 6.42 Å². The monoisotopic (exact) mass is 284 g/mol. The fraction of sp³-hybridized carbons (Fsp3) is 0.556. The van der Waals surface area contributed by atoms with Gasteiger partial charge in [0.05, 0.1) is 0 Å². The molecule has 0 spiro atoms. The number of hydrogen-bond acceptors (Lipinski definition) is 2. The summed E-state index contributed by atoms with van der Waals surface area (Å²) in [5.41, 5.74) is 4.25. The van der Waals surface area contributed by atoms with Crippen LogP contribution in [0.25, 0.3) is 10.9 Å². The number of rotatable bonds is 3. The van der Waals surface area contributed by atoms with E-state index in [1.54, 1.807) is 0 Å². The molecule has 1 aliphatic carbocycles. The van der Waals surface area contributed by atoms with Gasteiger partial charge in [0.15, 0.2) is 0 Å². The average molecular weight is 284 g/mol. The van der Waals surface area contributed by atoms with Gasteiger partial charge in [-0.15, -0.1) is 0 Å². The molecular formula is C18H24N2O. The molecule has 0 bridgehead atoms. The fourth-order valence-electron chi connectivity index (χ4n) is 4.58. The molecule has 2 aromatic rings. The van der Waals surface area contributed by atoms with Gasteiger partial charge in [-0.05, 0) is 48.9 Å². The Balaban J connectivity index is 1.79. The Morgan fingerprint density at radius 2 is 2.29 bits per heavy atom. The lowest BCUT2D eigenvalue weighted by Crippen LogP contribution is -2.50. The summed E-state index contributed by atoms with van der Waals surface area (Å²) in [7, 11) is 0. The van der Waals surface area contributed by atoms with Crippen molar-refractivity contribution in [2.75, 3.05) is 19.7 Å². The zero-order valence-corrected chi connectivity index (χ0v) is 12.7. The van der Waals surface area contributed by atoms with Crippen molar-refractivity contribution in [2.45, 2.75) is 38.1 Å². The third-order valence-electron chi connectivity index (χ3n) is 5.43. The van der Waals surface area contributed by atoms with Crippen molar-refractivity contribution < 1.29 is 5.11 Å². The van der Waals surface area contributed by atoms with Gasteiger partial charge in [-0.25, -0.2) is 0 Å². The highest BCUT2D eigenvalue weighted by atomic mass is 16.3. The van der Waals surface area contributed by atoms with Crippen LogP contribution in [0.2, 0.25) is 0 Å². The summed E-state index contributed by atoms with van der Waals surface area (Å²) in [4.78, 5) is 6.06. The molecule has 0 saturated carbocycles. The van der Waals surface area contributed by atoms with E-state index < -0.39 is 0 Å². The number of nitrogens with zero attached hydrogens (tertiary/aromatic N) is 1. The maximum absolute atomic E-state index is 9.68. The van der Waals surface area contributed by atoms with Crippen molar-refractivity contribution >= 4 is 10.9 Å². The van der Waals surface area contributed by atoms with E-state index in [4.69, 9.17) is 0 Å². The number of aliphatic hydroxyl groups excluding tert-OH is 1. The molecule has 1 aromatic heterocycles. The van der Waals surface area contributed by atoms with E-state index in [0.717, 1.165) is 25.9 Å². The molecule has 21 heavy (non-hydrogen) atoms. The third kappa shape index (κ3) is 2.02. The van der Waals surface area contributed by atoms with Crippen molar-refractivity contribution in [3.63, 3.8) is 0 Å². The predicted molar refractivity (Wildman–Crippen MR) is 85.6 cm³/mol. The number of likely N-dealkylation sites (tertiary alicyclic amines) is 1. The maximum atomic E-state index is 9.68. The number of fused-ring (bicyclic) bond motifs is 2. The molecule has 3 atom stereocenters. The van der Waals surface area contributed by atoms with Gasteiger partial charge < -0.3 is 10.1 Å². The minimum Gasteiger partial charge on any atom is -0.396 e. The summed E-state index contributed by atoms with van der Waals surface area (Å²) in [6.45, 7) is 4.77. The summed E-state index contributed by atoms with van der Waals surface area (Å²) < 4.78 is 0. The quantitative estimate of drug-likeness (QED) is 0.909. The van der Waals surface area contributed by atoms with E-state index in [0.29, 0.717) is 24.5 Å². The van der Waals surface area contributed by atoms with Gasteiger partial charge in [0.2, 0.25) is 0 Å². The number of H-pyrrole nitrogens is 1. The van der Waals surface area contributed by atoms with Gasteiger partial charge in [0.1, 0.15) is 0 Å². The Morgan fingerprint density at radius 3 is 3.10 bits per heavy atom. The molecule has 0 unspecified atom stereocenters. The summed E-state index contributed by atoms with van der Waals surface area (Å²) in [5.74, 6) is 1.00. The first kappa shape index (κ1) is 13.4. The molecule has 0 radical (unpaired) electrons. The number of aromatic nitrogens is 1. The standard InChI is InChI=1S/C18H24N2O/c1-2-6-20-10-12(11-21)7-15-14-4-3-5-16-18(14)13(9-19-16)8-17(15)20/h3-5,9,12,15,17,19,21H,2,6-8,10-11H2,1H3/t12-,15-,17-/m1/s1. The van der Waals surface area contributed by atoms with Crippen LogP contribution in [-0.4, -0.2) is 40.7 Å². The largest absolute Gasteiger partial charge is 0.396 e. The molecule has 2 heterocycles. The van der Waals surface area contributed by atoms with Gasteiger partial charge in [-0.2, -0.15) is 0 Å². The van der Waals surface area contributed by atoms with E-state index in [-0.39, 0.29) is 0 Å². The average Bonchev–Trinajstić information content (AvgIpc) is 2.93. The highest BCUT2D eigenvalue weighted by Gasteiger charge is 2.40. The molecule has 3 heteroatoms. The number of hydrogen-bond donors (Lipinski definition) is 2. The molecule has 1 saturated heterocycles. The molecule has 1 fully saturated rings. The van der Waals surface area contributed by atoms with Gasteiger partial charge in [0, 0.05) is 42.2 Å². The van der Waals surface area contributed by atoms with Gasteiger partial charge in [-0.1, -0.05) is 19.1 Å². The van der Waals surface area contributed by atoms with E-state index in [1.807, 2.05) is 0 Å². The van der Waals surface area contributed by atoms with Crippen LogP contribution in [0.5, 0.6) is 0 Å². The second-order valence-electron chi connectivity index (χ2n) is 6.74. The van der Waals surface area contributed by atoms with Crippen molar-refractivity contribution in [1.29, 1.82) is 0 Å². The SMILES string of the molecule is CCCN1C[C@H](CO)C[C@@H]2c3cccc4[nH]cc(c34)C[C@H]21.